The highest BCUT2D eigenvalue weighted by molar-refractivity contribution is 6.35. The maximum atomic E-state index is 11.8. The number of carbonyl (C=O) groups excluding carboxylic acids is 1. The molecule has 1 aromatic carbocycles. The molecular weight excluding hydrogens is 295 g/mol. The second-order valence-electron chi connectivity index (χ2n) is 5.30. The maximum absolute atomic E-state index is 11.8. The monoisotopic (exact) mass is 314 g/mol. The Balaban J connectivity index is 1.73. The molecular formula is C15H20Cl2N2O. The Morgan fingerprint density at radius 1 is 1.20 bits per heavy atom. The van der Waals surface area contributed by atoms with E-state index in [4.69, 9.17) is 23.2 Å². The van der Waals surface area contributed by atoms with Crippen LogP contribution in [-0.4, -0.2) is 12.6 Å². The molecule has 0 saturated heterocycles. The lowest BCUT2D eigenvalue weighted by Crippen LogP contribution is -2.30. The topological polar surface area (TPSA) is 41.1 Å². The van der Waals surface area contributed by atoms with Crippen LogP contribution in [0.5, 0.6) is 0 Å². The summed E-state index contributed by atoms with van der Waals surface area (Å²) in [6.07, 6.45) is 7.66. The standard InChI is InChI=1S/C15H20Cl2N2O/c16-12-6-7-13(17)14(10-12)19-15(20)18-9-8-11-4-2-1-3-5-11/h6-7,10-11H,1-5,8-9H2,(H2,18,19,20). The number of anilines is 1. The van der Waals surface area contributed by atoms with Gasteiger partial charge in [0.05, 0.1) is 10.7 Å². The van der Waals surface area contributed by atoms with Crippen LogP contribution in [0.3, 0.4) is 0 Å². The summed E-state index contributed by atoms with van der Waals surface area (Å²) < 4.78 is 0. The van der Waals surface area contributed by atoms with Crippen LogP contribution in [0.4, 0.5) is 10.5 Å². The molecule has 110 valence electrons. The highest BCUT2D eigenvalue weighted by atomic mass is 35.5. The van der Waals surface area contributed by atoms with E-state index >= 15 is 0 Å². The number of hydrogen-bond donors (Lipinski definition) is 2. The van der Waals surface area contributed by atoms with Crippen LogP contribution in [-0.2, 0) is 0 Å². The summed E-state index contributed by atoms with van der Waals surface area (Å²) in [7, 11) is 0. The van der Waals surface area contributed by atoms with Gasteiger partial charge in [-0.05, 0) is 30.5 Å². The third-order valence-corrected chi connectivity index (χ3v) is 4.30. The third kappa shape index (κ3) is 4.88. The first-order chi connectivity index (χ1) is 9.65. The van der Waals surface area contributed by atoms with Crippen molar-refractivity contribution in [2.75, 3.05) is 11.9 Å². The van der Waals surface area contributed by atoms with E-state index in [0.29, 0.717) is 22.3 Å². The van der Waals surface area contributed by atoms with Crippen molar-refractivity contribution in [1.82, 2.24) is 5.32 Å². The molecule has 3 nitrogen and oxygen atoms in total. The Hall–Kier alpha value is -0.930. The number of halogens is 2. The molecule has 0 aromatic heterocycles. The van der Waals surface area contributed by atoms with Crippen molar-refractivity contribution in [3.63, 3.8) is 0 Å². The lowest BCUT2D eigenvalue weighted by atomic mass is 9.87. The second kappa shape index (κ2) is 7.75. The fraction of sp³-hybridized carbons (Fsp3) is 0.533. The highest BCUT2D eigenvalue weighted by Crippen LogP contribution is 2.26. The van der Waals surface area contributed by atoms with Gasteiger partial charge in [-0.3, -0.25) is 0 Å². The molecule has 5 heteroatoms. The number of rotatable bonds is 4. The van der Waals surface area contributed by atoms with Crippen molar-refractivity contribution in [1.29, 1.82) is 0 Å². The maximum Gasteiger partial charge on any atom is 0.319 e. The van der Waals surface area contributed by atoms with Crippen LogP contribution >= 0.6 is 23.2 Å². The predicted octanol–water partition coefficient (Wildman–Crippen LogP) is 5.09. The Labute approximate surface area is 130 Å². The summed E-state index contributed by atoms with van der Waals surface area (Å²) in [5.41, 5.74) is 0.536. The van der Waals surface area contributed by atoms with E-state index in [2.05, 4.69) is 10.6 Å². The molecule has 1 aliphatic rings. The molecule has 0 unspecified atom stereocenters. The van der Waals surface area contributed by atoms with Crippen molar-refractivity contribution in [3.8, 4) is 0 Å². The number of amides is 2. The summed E-state index contributed by atoms with van der Waals surface area (Å²) in [5, 5.41) is 6.63. The Bertz CT molecular complexity index is 459. The first-order valence-corrected chi connectivity index (χ1v) is 7.90. The number of carbonyl (C=O) groups is 1. The van der Waals surface area contributed by atoms with E-state index in [1.165, 1.54) is 32.1 Å². The molecule has 2 N–H and O–H groups in total. The van der Waals surface area contributed by atoms with Crippen molar-refractivity contribution < 1.29 is 4.79 Å². The van der Waals surface area contributed by atoms with Gasteiger partial charge in [0.2, 0.25) is 0 Å². The van der Waals surface area contributed by atoms with E-state index < -0.39 is 0 Å². The fourth-order valence-corrected chi connectivity index (χ4v) is 2.96. The molecule has 20 heavy (non-hydrogen) atoms. The number of urea groups is 1. The first kappa shape index (κ1) is 15.5. The van der Waals surface area contributed by atoms with Crippen LogP contribution in [0.25, 0.3) is 0 Å². The molecule has 1 aromatic rings. The van der Waals surface area contributed by atoms with Crippen LogP contribution in [0.1, 0.15) is 38.5 Å². The van der Waals surface area contributed by atoms with Gasteiger partial charge in [-0.2, -0.15) is 0 Å². The minimum Gasteiger partial charge on any atom is -0.338 e. The van der Waals surface area contributed by atoms with Gasteiger partial charge in [-0.15, -0.1) is 0 Å². The van der Waals surface area contributed by atoms with Crippen LogP contribution in [0, 0.1) is 5.92 Å². The zero-order chi connectivity index (χ0) is 14.4. The second-order valence-corrected chi connectivity index (χ2v) is 6.14. The molecule has 2 rings (SSSR count). The molecule has 1 aliphatic carbocycles. The smallest absolute Gasteiger partial charge is 0.319 e. The number of hydrogen-bond acceptors (Lipinski definition) is 1. The zero-order valence-corrected chi connectivity index (χ0v) is 12.9. The largest absolute Gasteiger partial charge is 0.338 e. The van der Waals surface area contributed by atoms with E-state index in [1.54, 1.807) is 18.2 Å². The molecule has 2 amide bonds. The van der Waals surface area contributed by atoms with Crippen molar-refractivity contribution in [3.05, 3.63) is 28.2 Å². The average Bonchev–Trinajstić information content (AvgIpc) is 2.44. The minimum absolute atomic E-state index is 0.232. The van der Waals surface area contributed by atoms with Crippen molar-refractivity contribution in [2.45, 2.75) is 38.5 Å². The van der Waals surface area contributed by atoms with Gasteiger partial charge in [0.25, 0.3) is 0 Å². The molecule has 1 saturated carbocycles. The summed E-state index contributed by atoms with van der Waals surface area (Å²) in [6, 6.07) is 4.77. The Kier molecular flexibility index (Phi) is 5.99. The predicted molar refractivity (Wildman–Crippen MR) is 84.7 cm³/mol. The van der Waals surface area contributed by atoms with Gasteiger partial charge >= 0.3 is 6.03 Å². The van der Waals surface area contributed by atoms with E-state index in [-0.39, 0.29) is 6.03 Å². The van der Waals surface area contributed by atoms with Crippen molar-refractivity contribution in [2.24, 2.45) is 5.92 Å². The van der Waals surface area contributed by atoms with Crippen LogP contribution < -0.4 is 10.6 Å². The fourth-order valence-electron chi connectivity index (χ4n) is 2.63. The zero-order valence-electron chi connectivity index (χ0n) is 11.4. The number of benzene rings is 1. The summed E-state index contributed by atoms with van der Waals surface area (Å²) in [5.74, 6) is 0.763. The average molecular weight is 315 g/mol. The van der Waals surface area contributed by atoms with E-state index in [0.717, 1.165) is 12.3 Å². The number of nitrogens with one attached hydrogen (secondary N) is 2. The third-order valence-electron chi connectivity index (χ3n) is 3.74. The van der Waals surface area contributed by atoms with Crippen LogP contribution in [0.15, 0.2) is 18.2 Å². The van der Waals surface area contributed by atoms with Gasteiger partial charge in [0, 0.05) is 11.6 Å². The molecule has 0 spiro atoms. The van der Waals surface area contributed by atoms with E-state index in [1.807, 2.05) is 0 Å². The Morgan fingerprint density at radius 3 is 2.70 bits per heavy atom. The molecule has 0 heterocycles. The van der Waals surface area contributed by atoms with Gasteiger partial charge in [-0.1, -0.05) is 55.3 Å². The molecule has 1 fully saturated rings. The first-order valence-electron chi connectivity index (χ1n) is 7.15. The molecule has 0 bridgehead atoms. The molecule has 0 atom stereocenters. The summed E-state index contributed by atoms with van der Waals surface area (Å²) >= 11 is 11.9. The Morgan fingerprint density at radius 2 is 1.95 bits per heavy atom. The summed E-state index contributed by atoms with van der Waals surface area (Å²) in [4.78, 5) is 11.8. The molecule has 0 aliphatic heterocycles. The summed E-state index contributed by atoms with van der Waals surface area (Å²) in [6.45, 7) is 0.703. The quantitative estimate of drug-likeness (QED) is 0.799. The van der Waals surface area contributed by atoms with E-state index in [9.17, 15) is 4.79 Å². The lowest BCUT2D eigenvalue weighted by Gasteiger charge is -2.21. The van der Waals surface area contributed by atoms with Gasteiger partial charge in [0.15, 0.2) is 0 Å². The normalized spacial score (nSPS) is 15.9. The van der Waals surface area contributed by atoms with Crippen LogP contribution in [0.2, 0.25) is 10.0 Å². The lowest BCUT2D eigenvalue weighted by molar-refractivity contribution is 0.250. The van der Waals surface area contributed by atoms with Crippen molar-refractivity contribution >= 4 is 34.9 Å². The minimum atomic E-state index is -0.232. The van der Waals surface area contributed by atoms with Gasteiger partial charge < -0.3 is 10.6 Å². The highest BCUT2D eigenvalue weighted by Gasteiger charge is 2.13. The van der Waals surface area contributed by atoms with Gasteiger partial charge in [-0.25, -0.2) is 4.79 Å². The van der Waals surface area contributed by atoms with Gasteiger partial charge in [0.1, 0.15) is 0 Å². The SMILES string of the molecule is O=C(NCCC1CCCCC1)Nc1cc(Cl)ccc1Cl. The molecule has 0 radical (unpaired) electrons.